The average molecular weight is 257 g/mol. The molecule has 0 aliphatic carbocycles. The summed E-state index contributed by atoms with van der Waals surface area (Å²) in [7, 11) is 0. The fourth-order valence-corrected chi connectivity index (χ4v) is 1.07. The van der Waals surface area contributed by atoms with Gasteiger partial charge < -0.3 is 31.2 Å². The average Bonchev–Trinajstić information content (AvgIpc) is 2.35. The number of nitrogens with zero attached hydrogens (tertiary/aromatic N) is 1. The predicted molar refractivity (Wildman–Crippen MR) is 62.0 cm³/mol. The maximum atomic E-state index is 11.4. The van der Waals surface area contributed by atoms with E-state index >= 15 is 0 Å². The largest absolute Gasteiger partial charge is 0.480 e. The van der Waals surface area contributed by atoms with Crippen molar-refractivity contribution in [2.24, 2.45) is 16.5 Å². The quantitative estimate of drug-likeness (QED) is 0.252. The Balaban J connectivity index is 2.44. The van der Waals surface area contributed by atoms with Crippen LogP contribution < -0.4 is 11.5 Å². The monoisotopic (exact) mass is 257 g/mol. The first-order valence-electron chi connectivity index (χ1n) is 5.12. The second kappa shape index (κ2) is 6.62. The van der Waals surface area contributed by atoms with Crippen molar-refractivity contribution in [3.8, 4) is 0 Å². The number of carbonyl (C=O) groups is 1. The van der Waals surface area contributed by atoms with Crippen LogP contribution in [0.15, 0.2) is 29.1 Å². The van der Waals surface area contributed by atoms with Gasteiger partial charge in [0.1, 0.15) is 24.7 Å². The lowest BCUT2D eigenvalue weighted by molar-refractivity contribution is -0.155. The number of guanidine groups is 1. The predicted octanol–water partition coefficient (Wildman–Crippen LogP) is -2.05. The van der Waals surface area contributed by atoms with E-state index in [1.807, 2.05) is 0 Å². The van der Waals surface area contributed by atoms with Crippen LogP contribution in [-0.4, -0.2) is 47.6 Å². The molecule has 0 saturated carbocycles. The molecule has 0 saturated heterocycles. The number of rotatable bonds is 5. The molecule has 2 unspecified atom stereocenters. The van der Waals surface area contributed by atoms with Gasteiger partial charge in [0.25, 0.3) is 0 Å². The summed E-state index contributed by atoms with van der Waals surface area (Å²) in [6.45, 7) is -0.781. The maximum absolute atomic E-state index is 11.4. The van der Waals surface area contributed by atoms with Crippen LogP contribution in [-0.2, 0) is 14.3 Å². The third kappa shape index (κ3) is 4.44. The summed E-state index contributed by atoms with van der Waals surface area (Å²) in [5.41, 5.74) is 10.7. The van der Waals surface area contributed by atoms with E-state index < -0.39 is 24.8 Å². The van der Waals surface area contributed by atoms with Gasteiger partial charge in [-0.3, -0.25) is 0 Å². The van der Waals surface area contributed by atoms with Crippen LogP contribution in [0, 0.1) is 0 Å². The minimum absolute atomic E-state index is 0.124. The Hall–Kier alpha value is -2.06. The first-order valence-corrected chi connectivity index (χ1v) is 5.12. The zero-order valence-corrected chi connectivity index (χ0v) is 9.52. The number of nitrogens with two attached hydrogens (primary N) is 2. The van der Waals surface area contributed by atoms with E-state index in [2.05, 4.69) is 4.99 Å². The van der Waals surface area contributed by atoms with Crippen LogP contribution in [0.25, 0.3) is 0 Å². The molecule has 100 valence electrons. The number of hydrogen-bond acceptors (Lipinski definition) is 6. The van der Waals surface area contributed by atoms with Crippen LogP contribution in [0.2, 0.25) is 0 Å². The molecule has 0 aromatic carbocycles. The Labute approximate surface area is 103 Å². The summed E-state index contributed by atoms with van der Waals surface area (Å²) in [5, 5.41) is 17.5. The van der Waals surface area contributed by atoms with Crippen molar-refractivity contribution in [3.05, 3.63) is 24.1 Å². The Morgan fingerprint density at radius 1 is 1.61 bits per heavy atom. The molecule has 1 heterocycles. The third-order valence-electron chi connectivity index (χ3n) is 1.90. The van der Waals surface area contributed by atoms with Gasteiger partial charge in [-0.1, -0.05) is 0 Å². The van der Waals surface area contributed by atoms with Gasteiger partial charge in [-0.2, -0.15) is 0 Å². The highest BCUT2D eigenvalue weighted by molar-refractivity contribution is 5.79. The highest BCUT2D eigenvalue weighted by Gasteiger charge is 2.21. The topological polar surface area (TPSA) is 140 Å². The smallest absolute Gasteiger partial charge is 0.351 e. The fraction of sp³-hybridized carbons (Fsp3) is 0.400. The molecule has 0 fully saturated rings. The van der Waals surface area contributed by atoms with Gasteiger partial charge in [-0.15, -0.1) is 0 Å². The second-order valence-electron chi connectivity index (χ2n) is 3.46. The molecule has 1 aliphatic heterocycles. The third-order valence-corrected chi connectivity index (χ3v) is 1.90. The maximum Gasteiger partial charge on any atom is 0.351 e. The van der Waals surface area contributed by atoms with Gasteiger partial charge in [0.15, 0.2) is 5.96 Å². The fourth-order valence-electron chi connectivity index (χ4n) is 1.07. The van der Waals surface area contributed by atoms with E-state index in [0.29, 0.717) is 5.70 Å². The lowest BCUT2D eigenvalue weighted by Crippen LogP contribution is -2.29. The SMILES string of the molecule is NC(N)=NC1=COC(C(=O)OCC(O)CO)C=C1. The Morgan fingerprint density at radius 2 is 2.33 bits per heavy atom. The molecule has 18 heavy (non-hydrogen) atoms. The number of aliphatic hydroxyl groups is 2. The van der Waals surface area contributed by atoms with Crippen molar-refractivity contribution in [1.29, 1.82) is 0 Å². The number of allylic oxidation sites excluding steroid dienone is 1. The first-order chi connectivity index (χ1) is 8.52. The molecule has 0 spiro atoms. The van der Waals surface area contributed by atoms with Crippen molar-refractivity contribution >= 4 is 11.9 Å². The molecular formula is C10H15N3O5. The number of ether oxygens (including phenoxy) is 2. The summed E-state index contributed by atoms with van der Waals surface area (Å²) < 4.78 is 9.74. The van der Waals surface area contributed by atoms with Gasteiger partial charge in [-0.05, 0) is 12.2 Å². The minimum Gasteiger partial charge on any atom is -0.480 e. The summed E-state index contributed by atoms with van der Waals surface area (Å²) in [6.07, 6.45) is 2.10. The lowest BCUT2D eigenvalue weighted by atomic mass is 10.2. The van der Waals surface area contributed by atoms with Gasteiger partial charge in [0.05, 0.1) is 6.61 Å². The summed E-state index contributed by atoms with van der Waals surface area (Å²) in [4.78, 5) is 15.2. The summed E-state index contributed by atoms with van der Waals surface area (Å²) in [5.74, 6) is -0.805. The van der Waals surface area contributed by atoms with Crippen molar-refractivity contribution in [3.63, 3.8) is 0 Å². The van der Waals surface area contributed by atoms with E-state index in [9.17, 15) is 4.79 Å². The van der Waals surface area contributed by atoms with Gasteiger partial charge >= 0.3 is 5.97 Å². The summed E-state index contributed by atoms with van der Waals surface area (Å²) in [6, 6.07) is 0. The minimum atomic E-state index is -1.10. The second-order valence-corrected chi connectivity index (χ2v) is 3.46. The molecule has 0 aromatic heterocycles. The molecule has 8 heteroatoms. The van der Waals surface area contributed by atoms with Gasteiger partial charge in [0, 0.05) is 0 Å². The molecule has 8 nitrogen and oxygen atoms in total. The highest BCUT2D eigenvalue weighted by atomic mass is 16.6. The molecule has 1 aliphatic rings. The van der Waals surface area contributed by atoms with E-state index in [1.165, 1.54) is 18.4 Å². The first kappa shape index (κ1) is 14.0. The highest BCUT2D eigenvalue weighted by Crippen LogP contribution is 2.11. The lowest BCUT2D eigenvalue weighted by Gasteiger charge is -2.16. The standard InChI is InChI=1S/C10H15N3O5/c11-10(12)13-6-1-2-8(17-4-6)9(16)18-5-7(15)3-14/h1-2,4,7-8,14-15H,3,5H2,(H4,11,12,13). The molecule has 0 bridgehead atoms. The number of aliphatic imine (C=N–C) groups is 1. The van der Waals surface area contributed by atoms with Crippen LogP contribution in [0.4, 0.5) is 0 Å². The van der Waals surface area contributed by atoms with Gasteiger partial charge in [0.2, 0.25) is 6.10 Å². The molecule has 6 N–H and O–H groups in total. The molecular weight excluding hydrogens is 242 g/mol. The van der Waals surface area contributed by atoms with E-state index in [-0.39, 0.29) is 12.6 Å². The molecule has 0 aromatic rings. The number of esters is 1. The number of carbonyl (C=O) groups excluding carboxylic acids is 1. The molecule has 0 radical (unpaired) electrons. The van der Waals surface area contributed by atoms with Crippen LogP contribution in [0.3, 0.4) is 0 Å². The van der Waals surface area contributed by atoms with Gasteiger partial charge in [-0.25, -0.2) is 9.79 Å². The van der Waals surface area contributed by atoms with Crippen molar-refractivity contribution in [2.75, 3.05) is 13.2 Å². The van der Waals surface area contributed by atoms with Crippen molar-refractivity contribution in [1.82, 2.24) is 0 Å². The van der Waals surface area contributed by atoms with Crippen LogP contribution in [0.1, 0.15) is 0 Å². The number of hydrogen-bond donors (Lipinski definition) is 4. The number of aliphatic hydroxyl groups excluding tert-OH is 2. The normalized spacial score (nSPS) is 19.4. The van der Waals surface area contributed by atoms with Crippen LogP contribution in [0.5, 0.6) is 0 Å². The molecule has 1 rings (SSSR count). The zero-order chi connectivity index (χ0) is 13.5. The Morgan fingerprint density at radius 3 is 2.83 bits per heavy atom. The van der Waals surface area contributed by atoms with Crippen LogP contribution >= 0.6 is 0 Å². The van der Waals surface area contributed by atoms with Crippen molar-refractivity contribution < 1.29 is 24.5 Å². The zero-order valence-electron chi connectivity index (χ0n) is 9.52. The van der Waals surface area contributed by atoms with E-state index in [1.54, 1.807) is 0 Å². The Bertz CT molecular complexity index is 387. The molecule has 2 atom stereocenters. The molecule has 0 amide bonds. The summed E-state index contributed by atoms with van der Waals surface area (Å²) >= 11 is 0. The van der Waals surface area contributed by atoms with Crippen molar-refractivity contribution in [2.45, 2.75) is 12.2 Å². The Kier molecular flexibility index (Phi) is 5.15. The van der Waals surface area contributed by atoms with E-state index in [0.717, 1.165) is 0 Å². The van der Waals surface area contributed by atoms with E-state index in [4.69, 9.17) is 31.2 Å².